The Hall–Kier alpha value is -2.00. The number of anilines is 1. The van der Waals surface area contributed by atoms with Gasteiger partial charge in [0.1, 0.15) is 4.90 Å². The molecule has 2 saturated carbocycles. The largest absolute Gasteiger partial charge is 0.448 e. The molecule has 1 aliphatic heterocycles. The standard InChI is InChI=1S/C21H20Cl2N2O5S/c22-15-11-16(23)19(31(27,28)25-12-3-4-12)10-14(15)20(26)24-13-5-6-17-18(9-13)30-21(29-17)7-1-2-8-21/h5-6,9-12,25H,1-4,7-8H2,(H,24,26). The number of benzene rings is 2. The monoisotopic (exact) mass is 482 g/mol. The topological polar surface area (TPSA) is 93.7 Å². The minimum atomic E-state index is -3.85. The van der Waals surface area contributed by atoms with E-state index in [1.807, 2.05) is 0 Å². The molecule has 0 radical (unpaired) electrons. The van der Waals surface area contributed by atoms with Gasteiger partial charge in [0.2, 0.25) is 10.0 Å². The number of sulfonamides is 1. The van der Waals surface area contributed by atoms with Crippen molar-refractivity contribution in [1.82, 2.24) is 4.72 Å². The van der Waals surface area contributed by atoms with Gasteiger partial charge in [0.15, 0.2) is 11.5 Å². The summed E-state index contributed by atoms with van der Waals surface area (Å²) >= 11 is 12.3. The lowest BCUT2D eigenvalue weighted by atomic mass is 10.2. The smallest absolute Gasteiger partial charge is 0.257 e. The Kier molecular flexibility index (Phi) is 5.08. The zero-order valence-electron chi connectivity index (χ0n) is 16.4. The molecule has 1 spiro atoms. The van der Waals surface area contributed by atoms with Gasteiger partial charge in [-0.1, -0.05) is 23.2 Å². The fraction of sp³-hybridized carbons (Fsp3) is 0.381. The number of ether oxygens (including phenoxy) is 2. The molecule has 0 atom stereocenters. The molecule has 2 aliphatic carbocycles. The van der Waals surface area contributed by atoms with E-state index in [1.54, 1.807) is 18.2 Å². The molecule has 0 unspecified atom stereocenters. The summed E-state index contributed by atoms with van der Waals surface area (Å²) < 4.78 is 39.8. The summed E-state index contributed by atoms with van der Waals surface area (Å²) in [5.74, 6) is 0.0594. The zero-order chi connectivity index (χ0) is 21.8. The van der Waals surface area contributed by atoms with E-state index in [9.17, 15) is 13.2 Å². The molecule has 0 bridgehead atoms. The summed E-state index contributed by atoms with van der Waals surface area (Å²) in [5.41, 5.74) is 0.487. The van der Waals surface area contributed by atoms with Crippen molar-refractivity contribution >= 4 is 44.8 Å². The number of hydrogen-bond donors (Lipinski definition) is 2. The lowest BCUT2D eigenvalue weighted by Gasteiger charge is -2.21. The normalized spacial score (nSPS) is 19.0. The average Bonchev–Trinajstić information content (AvgIpc) is 3.26. The first-order valence-electron chi connectivity index (χ1n) is 10.1. The molecule has 31 heavy (non-hydrogen) atoms. The summed E-state index contributed by atoms with van der Waals surface area (Å²) in [7, 11) is -3.85. The highest BCUT2D eigenvalue weighted by molar-refractivity contribution is 7.89. The van der Waals surface area contributed by atoms with Crippen LogP contribution in [-0.4, -0.2) is 26.2 Å². The highest BCUT2D eigenvalue weighted by atomic mass is 35.5. The fourth-order valence-corrected chi connectivity index (χ4v) is 6.04. The third-order valence-corrected chi connectivity index (χ3v) is 7.91. The van der Waals surface area contributed by atoms with Gasteiger partial charge >= 0.3 is 0 Å². The predicted octanol–water partition coefficient (Wildman–Crippen LogP) is 4.73. The van der Waals surface area contributed by atoms with E-state index in [1.165, 1.54) is 12.1 Å². The molecule has 2 fully saturated rings. The van der Waals surface area contributed by atoms with Crippen molar-refractivity contribution in [2.45, 2.75) is 55.2 Å². The maximum absolute atomic E-state index is 12.9. The van der Waals surface area contributed by atoms with Gasteiger partial charge in [-0.05, 0) is 49.9 Å². The van der Waals surface area contributed by atoms with E-state index in [2.05, 4.69) is 10.0 Å². The van der Waals surface area contributed by atoms with Crippen molar-refractivity contribution in [2.24, 2.45) is 0 Å². The molecular formula is C21H20Cl2N2O5S. The molecule has 7 nitrogen and oxygen atoms in total. The van der Waals surface area contributed by atoms with Crippen LogP contribution in [0.25, 0.3) is 0 Å². The fourth-order valence-electron chi connectivity index (χ4n) is 3.88. The van der Waals surface area contributed by atoms with Crippen LogP contribution in [0.2, 0.25) is 10.0 Å². The number of nitrogens with one attached hydrogen (secondary N) is 2. The Balaban J connectivity index is 1.38. The van der Waals surface area contributed by atoms with Crippen LogP contribution in [0.15, 0.2) is 35.2 Å². The second-order valence-electron chi connectivity index (χ2n) is 8.10. The van der Waals surface area contributed by atoms with Crippen LogP contribution in [0, 0.1) is 0 Å². The summed E-state index contributed by atoms with van der Waals surface area (Å²) in [5, 5.41) is 2.75. The third-order valence-electron chi connectivity index (χ3n) is 5.61. The first kappa shape index (κ1) is 20.9. The molecule has 3 aliphatic rings. The van der Waals surface area contributed by atoms with Gasteiger partial charge in [0.25, 0.3) is 11.7 Å². The maximum atomic E-state index is 12.9. The number of halogens is 2. The molecule has 1 amide bonds. The highest BCUT2D eigenvalue weighted by Gasteiger charge is 2.44. The Morgan fingerprint density at radius 3 is 2.42 bits per heavy atom. The second kappa shape index (κ2) is 7.55. The first-order valence-corrected chi connectivity index (χ1v) is 12.3. The van der Waals surface area contributed by atoms with Gasteiger partial charge in [-0.15, -0.1) is 0 Å². The van der Waals surface area contributed by atoms with Crippen molar-refractivity contribution in [1.29, 1.82) is 0 Å². The number of rotatable bonds is 5. The van der Waals surface area contributed by atoms with E-state index < -0.39 is 21.7 Å². The van der Waals surface area contributed by atoms with Crippen LogP contribution >= 0.6 is 23.2 Å². The number of carbonyl (C=O) groups is 1. The molecule has 2 N–H and O–H groups in total. The molecule has 0 saturated heterocycles. The summed E-state index contributed by atoms with van der Waals surface area (Å²) in [4.78, 5) is 12.7. The minimum Gasteiger partial charge on any atom is -0.448 e. The van der Waals surface area contributed by atoms with E-state index in [4.69, 9.17) is 32.7 Å². The van der Waals surface area contributed by atoms with Crippen molar-refractivity contribution in [3.05, 3.63) is 45.9 Å². The van der Waals surface area contributed by atoms with Crippen LogP contribution in [0.1, 0.15) is 48.9 Å². The van der Waals surface area contributed by atoms with Crippen LogP contribution in [0.4, 0.5) is 5.69 Å². The Labute approximate surface area is 190 Å². The van der Waals surface area contributed by atoms with Crippen LogP contribution < -0.4 is 19.5 Å². The van der Waals surface area contributed by atoms with E-state index in [-0.39, 0.29) is 26.5 Å². The zero-order valence-corrected chi connectivity index (χ0v) is 18.7. The molecule has 0 aromatic heterocycles. The van der Waals surface area contributed by atoms with Gasteiger partial charge < -0.3 is 14.8 Å². The van der Waals surface area contributed by atoms with Gasteiger partial charge in [-0.25, -0.2) is 13.1 Å². The van der Waals surface area contributed by atoms with Crippen molar-refractivity contribution in [3.8, 4) is 11.5 Å². The van der Waals surface area contributed by atoms with Crippen LogP contribution in [-0.2, 0) is 10.0 Å². The molecule has 2 aromatic rings. The lowest BCUT2D eigenvalue weighted by Crippen LogP contribution is -2.34. The maximum Gasteiger partial charge on any atom is 0.257 e. The SMILES string of the molecule is O=C(Nc1ccc2c(c1)OC1(CCCC1)O2)c1cc(S(=O)(=O)NC2CC2)c(Cl)cc1Cl. The third kappa shape index (κ3) is 4.09. The van der Waals surface area contributed by atoms with E-state index in [0.29, 0.717) is 17.2 Å². The number of amides is 1. The van der Waals surface area contributed by atoms with Gasteiger partial charge in [-0.2, -0.15) is 0 Å². The summed E-state index contributed by atoms with van der Waals surface area (Å²) in [6.07, 6.45) is 5.32. The Morgan fingerprint density at radius 2 is 1.71 bits per heavy atom. The summed E-state index contributed by atoms with van der Waals surface area (Å²) in [6.45, 7) is 0. The first-order chi connectivity index (χ1) is 14.7. The average molecular weight is 483 g/mol. The van der Waals surface area contributed by atoms with Crippen molar-refractivity contribution < 1.29 is 22.7 Å². The minimum absolute atomic E-state index is 0.00664. The number of fused-ring (bicyclic) bond motifs is 1. The van der Waals surface area contributed by atoms with Gasteiger partial charge in [-0.3, -0.25) is 4.79 Å². The Bertz CT molecular complexity index is 1170. The lowest BCUT2D eigenvalue weighted by molar-refractivity contribution is -0.0716. The molecule has 1 heterocycles. The van der Waals surface area contributed by atoms with Gasteiger partial charge in [0.05, 0.1) is 15.6 Å². The van der Waals surface area contributed by atoms with E-state index in [0.717, 1.165) is 38.5 Å². The molecule has 5 rings (SSSR count). The van der Waals surface area contributed by atoms with E-state index >= 15 is 0 Å². The van der Waals surface area contributed by atoms with Crippen molar-refractivity contribution in [2.75, 3.05) is 5.32 Å². The predicted molar refractivity (Wildman–Crippen MR) is 117 cm³/mol. The highest BCUT2D eigenvalue weighted by Crippen LogP contribution is 2.47. The molecule has 164 valence electrons. The van der Waals surface area contributed by atoms with Crippen molar-refractivity contribution in [3.63, 3.8) is 0 Å². The quantitative estimate of drug-likeness (QED) is 0.642. The van der Waals surface area contributed by atoms with Gasteiger partial charge in [0, 0.05) is 30.6 Å². The molecular weight excluding hydrogens is 463 g/mol. The van der Waals surface area contributed by atoms with Crippen LogP contribution in [0.3, 0.4) is 0 Å². The van der Waals surface area contributed by atoms with Crippen LogP contribution in [0.5, 0.6) is 11.5 Å². The Morgan fingerprint density at radius 1 is 1.00 bits per heavy atom. The number of hydrogen-bond acceptors (Lipinski definition) is 5. The molecule has 10 heteroatoms. The second-order valence-corrected chi connectivity index (χ2v) is 10.6. The summed E-state index contributed by atoms with van der Waals surface area (Å²) in [6, 6.07) is 7.51. The number of carbonyl (C=O) groups excluding carboxylic acids is 1. The molecule has 2 aromatic carbocycles.